The lowest BCUT2D eigenvalue weighted by Crippen LogP contribution is -2.48. The van der Waals surface area contributed by atoms with Crippen molar-refractivity contribution in [1.29, 1.82) is 5.26 Å². The summed E-state index contributed by atoms with van der Waals surface area (Å²) < 4.78 is 37.8. The van der Waals surface area contributed by atoms with Gasteiger partial charge in [0.1, 0.15) is 12.1 Å². The highest BCUT2D eigenvalue weighted by Gasteiger charge is 2.41. The molecule has 24 heavy (non-hydrogen) atoms. The molecule has 1 heterocycles. The highest BCUT2D eigenvalue weighted by Crippen LogP contribution is 2.26. The van der Waals surface area contributed by atoms with Crippen molar-refractivity contribution in [2.24, 2.45) is 5.92 Å². The lowest BCUT2D eigenvalue weighted by Gasteiger charge is -2.23. The maximum absolute atomic E-state index is 12.6. The molecular weight excluding hydrogens is 332 g/mol. The number of nitriles is 1. The third kappa shape index (κ3) is 4.12. The summed E-state index contributed by atoms with van der Waals surface area (Å²) in [6.07, 6.45) is -0.446. The van der Waals surface area contributed by atoms with Gasteiger partial charge in [0.05, 0.1) is 17.6 Å². The molecule has 7 nitrogen and oxygen atoms in total. The fourth-order valence-corrected chi connectivity index (χ4v) is 3.81. The summed E-state index contributed by atoms with van der Waals surface area (Å²) in [5.74, 6) is -1.29. The van der Waals surface area contributed by atoms with Gasteiger partial charge in [-0.1, -0.05) is 17.7 Å². The van der Waals surface area contributed by atoms with Gasteiger partial charge in [-0.2, -0.15) is 9.98 Å². The molecule has 0 radical (unpaired) electrons. The summed E-state index contributed by atoms with van der Waals surface area (Å²) in [7, 11) is -3.92. The predicted octanol–water partition coefficient (Wildman–Crippen LogP) is 1.13. The van der Waals surface area contributed by atoms with Crippen LogP contribution in [0.15, 0.2) is 29.2 Å². The number of carbonyl (C=O) groups excluding carboxylic acids is 1. The van der Waals surface area contributed by atoms with Gasteiger partial charge in [0, 0.05) is 12.5 Å². The number of sulfonamides is 1. The average Bonchev–Trinajstić information content (AvgIpc) is 3.01. The number of hydrogen-bond donors (Lipinski definition) is 1. The van der Waals surface area contributed by atoms with Crippen LogP contribution >= 0.6 is 0 Å². The van der Waals surface area contributed by atoms with Crippen LogP contribution in [-0.2, 0) is 24.3 Å². The van der Waals surface area contributed by atoms with Crippen LogP contribution in [0.4, 0.5) is 0 Å². The third-order valence-electron chi connectivity index (χ3n) is 3.85. The first kappa shape index (κ1) is 18.4. The highest BCUT2D eigenvalue weighted by molar-refractivity contribution is 7.89. The van der Waals surface area contributed by atoms with Gasteiger partial charge < -0.3 is 9.47 Å². The smallest absolute Gasteiger partial charge is 0.324 e. The van der Waals surface area contributed by atoms with Crippen molar-refractivity contribution < 1.29 is 22.7 Å². The molecule has 2 rings (SSSR count). The lowest BCUT2D eigenvalue weighted by molar-refractivity contribution is -0.146. The van der Waals surface area contributed by atoms with Gasteiger partial charge in [-0.15, -0.1) is 0 Å². The second kappa shape index (κ2) is 7.75. The second-order valence-electron chi connectivity index (χ2n) is 5.54. The number of hydrogen-bond acceptors (Lipinski definition) is 6. The van der Waals surface area contributed by atoms with Crippen molar-refractivity contribution in [3.8, 4) is 6.07 Å². The fraction of sp³-hybridized carbons (Fsp3) is 0.500. The maximum Gasteiger partial charge on any atom is 0.324 e. The monoisotopic (exact) mass is 352 g/mol. The van der Waals surface area contributed by atoms with Gasteiger partial charge in [0.2, 0.25) is 10.0 Å². The molecule has 1 aromatic carbocycles. The number of benzene rings is 1. The number of rotatable bonds is 6. The van der Waals surface area contributed by atoms with Gasteiger partial charge >= 0.3 is 5.97 Å². The second-order valence-corrected chi connectivity index (χ2v) is 7.25. The lowest BCUT2D eigenvalue weighted by atomic mass is 9.94. The molecule has 1 unspecified atom stereocenters. The summed E-state index contributed by atoms with van der Waals surface area (Å²) in [6, 6.07) is 7.07. The summed E-state index contributed by atoms with van der Waals surface area (Å²) >= 11 is 0. The fourth-order valence-electron chi connectivity index (χ4n) is 2.58. The molecule has 1 aromatic rings. The molecule has 0 bridgehead atoms. The SMILES string of the molecule is CCOC(=O)[C@@H](NS(=O)(=O)c1ccc(C)cc1)[C@@H]1CCOC1C#N. The molecule has 1 N–H and O–H groups in total. The van der Waals surface area contributed by atoms with Gasteiger partial charge in [0.25, 0.3) is 0 Å². The topological polar surface area (TPSA) is 105 Å². The van der Waals surface area contributed by atoms with E-state index < -0.39 is 34.1 Å². The standard InChI is InChI=1S/C16H20N2O5S/c1-3-22-16(19)15(13-8-9-23-14(13)10-17)18-24(20,21)12-6-4-11(2)5-7-12/h4-7,13-15,18H,3,8-9H2,1-2H3/t13-,14?,15+/m1/s1. The van der Waals surface area contributed by atoms with E-state index in [9.17, 15) is 13.2 Å². The molecule has 8 heteroatoms. The average molecular weight is 352 g/mol. The molecule has 0 spiro atoms. The Hall–Kier alpha value is -1.95. The van der Waals surface area contributed by atoms with Crippen LogP contribution in [0, 0.1) is 24.2 Å². The van der Waals surface area contributed by atoms with E-state index in [1.54, 1.807) is 19.1 Å². The molecule has 0 saturated carbocycles. The maximum atomic E-state index is 12.6. The Labute approximate surface area is 141 Å². The number of nitrogens with zero attached hydrogens (tertiary/aromatic N) is 1. The molecule has 0 aliphatic carbocycles. The predicted molar refractivity (Wildman–Crippen MR) is 85.4 cm³/mol. The first-order valence-corrected chi connectivity index (χ1v) is 9.14. The van der Waals surface area contributed by atoms with Crippen molar-refractivity contribution >= 4 is 16.0 Å². The number of ether oxygens (including phenoxy) is 2. The van der Waals surface area contributed by atoms with Crippen molar-refractivity contribution in [3.63, 3.8) is 0 Å². The van der Waals surface area contributed by atoms with Crippen LogP contribution in [0.2, 0.25) is 0 Å². The Kier molecular flexibility index (Phi) is 5.94. The molecule has 1 fully saturated rings. The van der Waals surface area contributed by atoms with Crippen LogP contribution < -0.4 is 4.72 Å². The Morgan fingerprint density at radius 2 is 2.12 bits per heavy atom. The third-order valence-corrected chi connectivity index (χ3v) is 5.30. The van der Waals surface area contributed by atoms with E-state index in [1.165, 1.54) is 12.1 Å². The van der Waals surface area contributed by atoms with Crippen LogP contribution in [0.3, 0.4) is 0 Å². The zero-order valence-corrected chi connectivity index (χ0v) is 14.4. The molecule has 1 saturated heterocycles. The summed E-state index contributed by atoms with van der Waals surface area (Å²) in [6.45, 7) is 3.90. The van der Waals surface area contributed by atoms with Gasteiger partial charge in [-0.05, 0) is 32.4 Å². The Balaban J connectivity index is 2.29. The van der Waals surface area contributed by atoms with Crippen molar-refractivity contribution in [1.82, 2.24) is 4.72 Å². The first-order chi connectivity index (χ1) is 11.4. The highest BCUT2D eigenvalue weighted by atomic mass is 32.2. The first-order valence-electron chi connectivity index (χ1n) is 7.66. The number of carbonyl (C=O) groups is 1. The molecule has 3 atom stereocenters. The van der Waals surface area contributed by atoms with E-state index in [-0.39, 0.29) is 11.5 Å². The van der Waals surface area contributed by atoms with Crippen LogP contribution in [0.1, 0.15) is 18.9 Å². The summed E-state index contributed by atoms with van der Waals surface area (Å²) in [4.78, 5) is 12.3. The normalized spacial score (nSPS) is 21.9. The van der Waals surface area contributed by atoms with Crippen molar-refractivity contribution in [2.45, 2.75) is 37.3 Å². The minimum Gasteiger partial charge on any atom is -0.465 e. The van der Waals surface area contributed by atoms with Gasteiger partial charge in [-0.3, -0.25) is 4.79 Å². The van der Waals surface area contributed by atoms with Crippen LogP contribution in [0.25, 0.3) is 0 Å². The minimum absolute atomic E-state index is 0.0508. The minimum atomic E-state index is -3.92. The largest absolute Gasteiger partial charge is 0.465 e. The van der Waals surface area contributed by atoms with E-state index >= 15 is 0 Å². The van der Waals surface area contributed by atoms with Gasteiger partial charge in [0.15, 0.2) is 0 Å². The number of aryl methyl sites for hydroxylation is 1. The number of nitrogens with one attached hydrogen (secondary N) is 1. The Morgan fingerprint density at radius 3 is 2.71 bits per heavy atom. The van der Waals surface area contributed by atoms with Crippen molar-refractivity contribution in [3.05, 3.63) is 29.8 Å². The molecule has 0 aromatic heterocycles. The van der Waals surface area contributed by atoms with E-state index in [0.29, 0.717) is 13.0 Å². The van der Waals surface area contributed by atoms with Crippen molar-refractivity contribution in [2.75, 3.05) is 13.2 Å². The quantitative estimate of drug-likeness (QED) is 0.770. The zero-order chi connectivity index (χ0) is 17.7. The van der Waals surface area contributed by atoms with Crippen LogP contribution in [0.5, 0.6) is 0 Å². The zero-order valence-electron chi connectivity index (χ0n) is 13.6. The van der Waals surface area contributed by atoms with E-state index in [0.717, 1.165) is 5.56 Å². The molecule has 1 aliphatic heterocycles. The molecular formula is C16H20N2O5S. The van der Waals surface area contributed by atoms with Crippen LogP contribution in [-0.4, -0.2) is 39.7 Å². The van der Waals surface area contributed by atoms with E-state index in [2.05, 4.69) is 4.72 Å². The summed E-state index contributed by atoms with van der Waals surface area (Å²) in [5.41, 5.74) is 0.921. The van der Waals surface area contributed by atoms with Gasteiger partial charge in [-0.25, -0.2) is 8.42 Å². The Bertz CT molecular complexity index is 724. The number of esters is 1. The molecule has 130 valence electrons. The molecule has 1 aliphatic rings. The molecule has 0 amide bonds. The van der Waals surface area contributed by atoms with E-state index in [4.69, 9.17) is 14.7 Å². The van der Waals surface area contributed by atoms with E-state index in [1.807, 2.05) is 13.0 Å². The summed E-state index contributed by atoms with van der Waals surface area (Å²) in [5, 5.41) is 9.14. The Morgan fingerprint density at radius 1 is 1.46 bits per heavy atom.